The van der Waals surface area contributed by atoms with Gasteiger partial charge in [-0.15, -0.1) is 0 Å². The summed E-state index contributed by atoms with van der Waals surface area (Å²) in [5, 5.41) is 15.1. The molecule has 2 aliphatic rings. The summed E-state index contributed by atoms with van der Waals surface area (Å²) in [7, 11) is 1.92. The van der Waals surface area contributed by atoms with E-state index in [2.05, 4.69) is 10.00 Å². The van der Waals surface area contributed by atoms with Crippen LogP contribution in [-0.2, 0) is 7.05 Å². The van der Waals surface area contributed by atoms with Crippen LogP contribution in [0.15, 0.2) is 12.3 Å². The first-order valence-electron chi connectivity index (χ1n) is 7.15. The first-order chi connectivity index (χ1) is 8.74. The Morgan fingerprint density at radius 3 is 2.44 bits per heavy atom. The van der Waals surface area contributed by atoms with Crippen molar-refractivity contribution in [2.75, 3.05) is 13.1 Å². The second-order valence-corrected chi connectivity index (χ2v) is 5.79. The first kappa shape index (κ1) is 12.2. The van der Waals surface area contributed by atoms with Crippen molar-refractivity contribution in [2.45, 2.75) is 50.2 Å². The highest BCUT2D eigenvalue weighted by molar-refractivity contribution is 5.14. The maximum absolute atomic E-state index is 10.9. The molecule has 1 aromatic rings. The van der Waals surface area contributed by atoms with E-state index in [4.69, 9.17) is 0 Å². The zero-order valence-corrected chi connectivity index (χ0v) is 11.2. The van der Waals surface area contributed by atoms with Crippen LogP contribution < -0.4 is 0 Å². The van der Waals surface area contributed by atoms with E-state index < -0.39 is 6.10 Å². The van der Waals surface area contributed by atoms with Crippen LogP contribution in [-0.4, -0.2) is 38.4 Å². The Bertz CT molecular complexity index is 403. The molecule has 3 rings (SSSR count). The number of aliphatic hydroxyl groups excluding tert-OH is 1. The summed E-state index contributed by atoms with van der Waals surface area (Å²) in [6.45, 7) is 2.30. The Morgan fingerprint density at radius 2 is 1.89 bits per heavy atom. The fourth-order valence-corrected chi connectivity index (χ4v) is 3.84. The average molecular weight is 249 g/mol. The third kappa shape index (κ3) is 1.79. The van der Waals surface area contributed by atoms with Gasteiger partial charge in [0, 0.05) is 13.2 Å². The Morgan fingerprint density at radius 1 is 1.22 bits per heavy atom. The molecule has 1 atom stereocenters. The van der Waals surface area contributed by atoms with Crippen molar-refractivity contribution in [2.24, 2.45) is 7.05 Å². The highest BCUT2D eigenvalue weighted by Gasteiger charge is 2.47. The van der Waals surface area contributed by atoms with Gasteiger partial charge in [0.25, 0.3) is 0 Å². The van der Waals surface area contributed by atoms with Crippen molar-refractivity contribution >= 4 is 0 Å². The van der Waals surface area contributed by atoms with Gasteiger partial charge in [-0.3, -0.25) is 9.58 Å². The van der Waals surface area contributed by atoms with Gasteiger partial charge < -0.3 is 5.11 Å². The Kier molecular flexibility index (Phi) is 3.16. The fraction of sp³-hybridized carbons (Fsp3) is 0.786. The van der Waals surface area contributed by atoms with E-state index in [0.717, 1.165) is 31.6 Å². The smallest absolute Gasteiger partial charge is 0.114 e. The molecular weight excluding hydrogens is 226 g/mol. The number of nitrogens with zero attached hydrogens (tertiary/aromatic N) is 3. The summed E-state index contributed by atoms with van der Waals surface area (Å²) in [6.07, 6.45) is 8.67. The lowest BCUT2D eigenvalue weighted by molar-refractivity contribution is -0.0237. The third-order valence-electron chi connectivity index (χ3n) is 4.85. The molecule has 4 nitrogen and oxygen atoms in total. The summed E-state index contributed by atoms with van der Waals surface area (Å²) in [6, 6.07) is 1.96. The molecule has 1 saturated carbocycles. The highest BCUT2D eigenvalue weighted by Crippen LogP contribution is 2.45. The van der Waals surface area contributed by atoms with Crippen LogP contribution in [0.25, 0.3) is 0 Å². The lowest BCUT2D eigenvalue weighted by Gasteiger charge is -2.42. The topological polar surface area (TPSA) is 41.3 Å². The van der Waals surface area contributed by atoms with Crippen LogP contribution in [0.4, 0.5) is 0 Å². The van der Waals surface area contributed by atoms with Gasteiger partial charge in [-0.25, -0.2) is 0 Å². The van der Waals surface area contributed by atoms with Crippen molar-refractivity contribution in [1.82, 2.24) is 14.7 Å². The fourth-order valence-electron chi connectivity index (χ4n) is 3.84. The summed E-state index contributed by atoms with van der Waals surface area (Å²) in [4.78, 5) is 2.54. The van der Waals surface area contributed by atoms with Gasteiger partial charge in [-0.1, -0.05) is 12.8 Å². The lowest BCUT2D eigenvalue weighted by atomic mass is 9.86. The van der Waals surface area contributed by atoms with Crippen LogP contribution in [0, 0.1) is 0 Å². The van der Waals surface area contributed by atoms with Crippen molar-refractivity contribution in [1.29, 1.82) is 0 Å². The Hall–Kier alpha value is -0.870. The minimum Gasteiger partial charge on any atom is -0.385 e. The Balaban J connectivity index is 1.91. The van der Waals surface area contributed by atoms with Gasteiger partial charge in [0.1, 0.15) is 6.10 Å². The third-order valence-corrected chi connectivity index (χ3v) is 4.85. The maximum atomic E-state index is 10.9. The molecule has 0 spiro atoms. The van der Waals surface area contributed by atoms with Gasteiger partial charge in [0.2, 0.25) is 0 Å². The molecule has 1 aliphatic carbocycles. The minimum atomic E-state index is -0.398. The number of likely N-dealkylation sites (tertiary alicyclic amines) is 1. The van der Waals surface area contributed by atoms with E-state index in [-0.39, 0.29) is 5.54 Å². The number of hydrogen-bond donors (Lipinski definition) is 1. The molecule has 100 valence electrons. The van der Waals surface area contributed by atoms with Gasteiger partial charge >= 0.3 is 0 Å². The minimum absolute atomic E-state index is 0.0235. The molecule has 0 bridgehead atoms. The summed E-state index contributed by atoms with van der Waals surface area (Å²) in [5.74, 6) is 0. The van der Waals surface area contributed by atoms with Crippen LogP contribution >= 0.6 is 0 Å². The molecule has 0 radical (unpaired) electrons. The quantitative estimate of drug-likeness (QED) is 0.889. The molecule has 2 fully saturated rings. The number of aliphatic hydroxyl groups is 1. The van der Waals surface area contributed by atoms with E-state index >= 15 is 0 Å². The van der Waals surface area contributed by atoms with Gasteiger partial charge in [0.15, 0.2) is 0 Å². The molecule has 1 aromatic heterocycles. The van der Waals surface area contributed by atoms with Gasteiger partial charge in [0.05, 0.1) is 11.2 Å². The molecule has 1 N–H and O–H groups in total. The molecule has 18 heavy (non-hydrogen) atoms. The highest BCUT2D eigenvalue weighted by atomic mass is 16.3. The van der Waals surface area contributed by atoms with Crippen molar-refractivity contribution in [3.8, 4) is 0 Å². The van der Waals surface area contributed by atoms with Crippen molar-refractivity contribution < 1.29 is 5.11 Å². The maximum Gasteiger partial charge on any atom is 0.114 e. The number of hydrogen-bond acceptors (Lipinski definition) is 3. The van der Waals surface area contributed by atoms with E-state index in [1.54, 1.807) is 6.20 Å². The normalized spacial score (nSPS) is 25.7. The van der Waals surface area contributed by atoms with Gasteiger partial charge in [-0.05, 0) is 44.8 Å². The Labute approximate surface area is 109 Å². The summed E-state index contributed by atoms with van der Waals surface area (Å²) in [5.41, 5.74) is 0.938. The molecule has 1 aliphatic heterocycles. The molecule has 4 heteroatoms. The first-order valence-corrected chi connectivity index (χ1v) is 7.15. The monoisotopic (exact) mass is 249 g/mol. The predicted octanol–water partition coefficient (Wildman–Crippen LogP) is 1.86. The van der Waals surface area contributed by atoms with Crippen LogP contribution in [0.3, 0.4) is 0 Å². The van der Waals surface area contributed by atoms with Crippen molar-refractivity contribution in [3.05, 3.63) is 18.0 Å². The largest absolute Gasteiger partial charge is 0.385 e. The summed E-state index contributed by atoms with van der Waals surface area (Å²) >= 11 is 0. The molecule has 2 heterocycles. The second-order valence-electron chi connectivity index (χ2n) is 5.79. The molecular formula is C14H23N3O. The molecule has 1 saturated heterocycles. The zero-order chi connectivity index (χ0) is 12.6. The standard InChI is InChI=1S/C14H23N3O/c1-16-12(6-9-15-16)13(18)14(7-2-3-8-14)17-10-4-5-11-17/h6,9,13,18H,2-5,7-8,10-11H2,1H3. The molecule has 0 aromatic carbocycles. The number of aromatic nitrogens is 2. The van der Waals surface area contributed by atoms with Crippen LogP contribution in [0.2, 0.25) is 0 Å². The van der Waals surface area contributed by atoms with E-state index in [1.165, 1.54) is 25.7 Å². The number of rotatable bonds is 3. The van der Waals surface area contributed by atoms with E-state index in [1.807, 2.05) is 17.8 Å². The van der Waals surface area contributed by atoms with Crippen LogP contribution in [0.5, 0.6) is 0 Å². The van der Waals surface area contributed by atoms with Crippen LogP contribution in [0.1, 0.15) is 50.3 Å². The predicted molar refractivity (Wildman–Crippen MR) is 70.2 cm³/mol. The van der Waals surface area contributed by atoms with Crippen molar-refractivity contribution in [3.63, 3.8) is 0 Å². The van der Waals surface area contributed by atoms with Gasteiger partial charge in [-0.2, -0.15) is 5.10 Å². The van der Waals surface area contributed by atoms with E-state index in [9.17, 15) is 5.11 Å². The SMILES string of the molecule is Cn1nccc1C(O)C1(N2CCCC2)CCCC1. The second kappa shape index (κ2) is 4.67. The lowest BCUT2D eigenvalue weighted by Crippen LogP contribution is -2.50. The molecule has 1 unspecified atom stereocenters. The summed E-state index contributed by atoms with van der Waals surface area (Å²) < 4.78 is 1.82. The van der Waals surface area contributed by atoms with E-state index in [0.29, 0.717) is 0 Å². The average Bonchev–Trinajstić information content (AvgIpc) is 3.10. The number of aryl methyl sites for hydroxylation is 1. The zero-order valence-electron chi connectivity index (χ0n) is 11.2. The molecule has 0 amide bonds.